The molecule has 3 nitrogen and oxygen atoms in total. The summed E-state index contributed by atoms with van der Waals surface area (Å²) in [6, 6.07) is 19.4. The molecule has 0 saturated carbocycles. The standard InChI is InChI=1S/C21H27N3/c1-2-23(18-20-9-5-3-6-10-20)21-13-11-19(12-14-21)17-22-24-15-7-4-8-16-24/h3,5-6,9-14,17H,2,4,7-8,15-16,18H2,1H3. The van der Waals surface area contributed by atoms with Gasteiger partial charge < -0.3 is 4.90 Å². The molecule has 0 unspecified atom stereocenters. The van der Waals surface area contributed by atoms with Gasteiger partial charge in [-0.1, -0.05) is 42.5 Å². The van der Waals surface area contributed by atoms with Crippen molar-refractivity contribution in [3.63, 3.8) is 0 Å². The lowest BCUT2D eigenvalue weighted by molar-refractivity contribution is 0.240. The molecular formula is C21H27N3. The first-order valence-corrected chi connectivity index (χ1v) is 9.03. The molecule has 1 fully saturated rings. The number of hydrogen-bond donors (Lipinski definition) is 0. The third-order valence-electron chi connectivity index (χ3n) is 4.56. The van der Waals surface area contributed by atoms with Gasteiger partial charge in [-0.2, -0.15) is 5.10 Å². The molecule has 1 aliphatic heterocycles. The molecule has 1 heterocycles. The number of hydrogen-bond acceptors (Lipinski definition) is 3. The molecule has 0 aromatic heterocycles. The van der Waals surface area contributed by atoms with Crippen LogP contribution >= 0.6 is 0 Å². The van der Waals surface area contributed by atoms with Crippen molar-refractivity contribution < 1.29 is 0 Å². The molecule has 0 atom stereocenters. The number of rotatable bonds is 6. The number of nitrogens with zero attached hydrogens (tertiary/aromatic N) is 3. The third-order valence-corrected chi connectivity index (χ3v) is 4.56. The van der Waals surface area contributed by atoms with Gasteiger partial charge in [0.25, 0.3) is 0 Å². The van der Waals surface area contributed by atoms with Gasteiger partial charge in [-0.3, -0.25) is 5.01 Å². The number of piperidine rings is 1. The lowest BCUT2D eigenvalue weighted by atomic mass is 10.1. The van der Waals surface area contributed by atoms with E-state index in [0.717, 1.165) is 26.2 Å². The minimum atomic E-state index is 0.943. The summed E-state index contributed by atoms with van der Waals surface area (Å²) in [5.41, 5.74) is 3.77. The molecule has 0 N–H and O–H groups in total. The zero-order valence-electron chi connectivity index (χ0n) is 14.6. The lowest BCUT2D eigenvalue weighted by Crippen LogP contribution is -2.24. The van der Waals surface area contributed by atoms with Crippen LogP contribution in [0.3, 0.4) is 0 Å². The lowest BCUT2D eigenvalue weighted by Gasteiger charge is -2.24. The van der Waals surface area contributed by atoms with E-state index in [2.05, 4.69) is 76.5 Å². The summed E-state index contributed by atoms with van der Waals surface area (Å²) in [6.45, 7) is 6.33. The fourth-order valence-corrected chi connectivity index (χ4v) is 3.10. The topological polar surface area (TPSA) is 18.8 Å². The summed E-state index contributed by atoms with van der Waals surface area (Å²) < 4.78 is 0. The first-order chi connectivity index (χ1) is 11.8. The molecule has 0 amide bonds. The van der Waals surface area contributed by atoms with Crippen molar-refractivity contribution in [2.45, 2.75) is 32.7 Å². The summed E-state index contributed by atoms with van der Waals surface area (Å²) in [5, 5.41) is 6.80. The Hall–Kier alpha value is -2.29. The molecular weight excluding hydrogens is 294 g/mol. The van der Waals surface area contributed by atoms with E-state index >= 15 is 0 Å². The Kier molecular flexibility index (Phi) is 5.89. The summed E-state index contributed by atoms with van der Waals surface area (Å²) >= 11 is 0. The largest absolute Gasteiger partial charge is 0.367 e. The predicted molar refractivity (Wildman–Crippen MR) is 103 cm³/mol. The van der Waals surface area contributed by atoms with Crippen LogP contribution in [0, 0.1) is 0 Å². The van der Waals surface area contributed by atoms with Crippen molar-refractivity contribution in [2.24, 2.45) is 5.10 Å². The van der Waals surface area contributed by atoms with Crippen LogP contribution in [0.15, 0.2) is 59.7 Å². The van der Waals surface area contributed by atoms with E-state index in [1.165, 1.54) is 36.1 Å². The van der Waals surface area contributed by atoms with Gasteiger partial charge in [-0.05, 0) is 49.4 Å². The highest BCUT2D eigenvalue weighted by Crippen LogP contribution is 2.18. The second-order valence-corrected chi connectivity index (χ2v) is 6.35. The van der Waals surface area contributed by atoms with Gasteiger partial charge in [-0.25, -0.2) is 0 Å². The van der Waals surface area contributed by atoms with Crippen molar-refractivity contribution in [3.05, 3.63) is 65.7 Å². The van der Waals surface area contributed by atoms with Crippen LogP contribution < -0.4 is 4.90 Å². The van der Waals surface area contributed by atoms with Crippen LogP contribution in [0.4, 0.5) is 5.69 Å². The number of anilines is 1. The Labute approximate surface area is 145 Å². The van der Waals surface area contributed by atoms with Crippen LogP contribution in [0.5, 0.6) is 0 Å². The summed E-state index contributed by atoms with van der Waals surface area (Å²) in [6.07, 6.45) is 5.86. The fraction of sp³-hybridized carbons (Fsp3) is 0.381. The van der Waals surface area contributed by atoms with E-state index in [-0.39, 0.29) is 0 Å². The molecule has 0 aliphatic carbocycles. The van der Waals surface area contributed by atoms with Crippen LogP contribution in [-0.4, -0.2) is 30.9 Å². The van der Waals surface area contributed by atoms with E-state index < -0.39 is 0 Å². The molecule has 0 bridgehead atoms. The van der Waals surface area contributed by atoms with Gasteiger partial charge in [0.2, 0.25) is 0 Å². The molecule has 1 saturated heterocycles. The minimum Gasteiger partial charge on any atom is -0.367 e. The Bertz CT molecular complexity index is 628. The maximum Gasteiger partial charge on any atom is 0.0542 e. The van der Waals surface area contributed by atoms with Gasteiger partial charge in [-0.15, -0.1) is 0 Å². The van der Waals surface area contributed by atoms with E-state index in [1.54, 1.807) is 0 Å². The normalized spacial score (nSPS) is 15.0. The molecule has 0 radical (unpaired) electrons. The Balaban J connectivity index is 1.63. The van der Waals surface area contributed by atoms with Crippen LogP contribution in [0.25, 0.3) is 0 Å². The number of benzene rings is 2. The smallest absolute Gasteiger partial charge is 0.0542 e. The second-order valence-electron chi connectivity index (χ2n) is 6.35. The molecule has 24 heavy (non-hydrogen) atoms. The monoisotopic (exact) mass is 321 g/mol. The van der Waals surface area contributed by atoms with Gasteiger partial charge in [0, 0.05) is 31.9 Å². The van der Waals surface area contributed by atoms with Crippen LogP contribution in [0.2, 0.25) is 0 Å². The van der Waals surface area contributed by atoms with Gasteiger partial charge in [0.05, 0.1) is 6.21 Å². The van der Waals surface area contributed by atoms with Crippen molar-refractivity contribution >= 4 is 11.9 Å². The molecule has 0 spiro atoms. The Morgan fingerprint density at radius 3 is 2.33 bits per heavy atom. The Morgan fingerprint density at radius 2 is 1.67 bits per heavy atom. The van der Waals surface area contributed by atoms with E-state index in [9.17, 15) is 0 Å². The molecule has 3 rings (SSSR count). The number of hydrazone groups is 1. The predicted octanol–water partition coefficient (Wildman–Crippen LogP) is 4.53. The summed E-state index contributed by atoms with van der Waals surface area (Å²) in [5.74, 6) is 0. The van der Waals surface area contributed by atoms with Gasteiger partial charge in [0.1, 0.15) is 0 Å². The average Bonchev–Trinajstić information content (AvgIpc) is 2.67. The zero-order chi connectivity index (χ0) is 16.6. The quantitative estimate of drug-likeness (QED) is 0.728. The molecule has 1 aliphatic rings. The summed E-state index contributed by atoms with van der Waals surface area (Å²) in [7, 11) is 0. The summed E-state index contributed by atoms with van der Waals surface area (Å²) in [4.78, 5) is 2.39. The third kappa shape index (κ3) is 4.60. The average molecular weight is 321 g/mol. The first kappa shape index (κ1) is 16.6. The maximum atomic E-state index is 4.61. The second kappa shape index (κ2) is 8.53. The maximum absolute atomic E-state index is 4.61. The first-order valence-electron chi connectivity index (χ1n) is 9.03. The SMILES string of the molecule is CCN(Cc1ccccc1)c1ccc(C=NN2CCCCC2)cc1. The highest BCUT2D eigenvalue weighted by molar-refractivity contribution is 5.80. The van der Waals surface area contributed by atoms with Crippen LogP contribution in [-0.2, 0) is 6.54 Å². The Morgan fingerprint density at radius 1 is 0.958 bits per heavy atom. The van der Waals surface area contributed by atoms with E-state index in [0.29, 0.717) is 0 Å². The van der Waals surface area contributed by atoms with Crippen molar-refractivity contribution in [1.82, 2.24) is 5.01 Å². The van der Waals surface area contributed by atoms with E-state index in [1.807, 2.05) is 6.21 Å². The van der Waals surface area contributed by atoms with Crippen molar-refractivity contribution in [2.75, 3.05) is 24.5 Å². The zero-order valence-corrected chi connectivity index (χ0v) is 14.6. The van der Waals surface area contributed by atoms with Crippen LogP contribution in [0.1, 0.15) is 37.3 Å². The van der Waals surface area contributed by atoms with Crippen molar-refractivity contribution in [1.29, 1.82) is 0 Å². The molecule has 126 valence electrons. The molecule has 2 aromatic carbocycles. The van der Waals surface area contributed by atoms with Gasteiger partial charge >= 0.3 is 0 Å². The highest BCUT2D eigenvalue weighted by Gasteiger charge is 2.07. The highest BCUT2D eigenvalue weighted by atomic mass is 15.4. The minimum absolute atomic E-state index is 0.943. The fourth-order valence-electron chi connectivity index (χ4n) is 3.10. The van der Waals surface area contributed by atoms with Crippen molar-refractivity contribution in [3.8, 4) is 0 Å². The molecule has 3 heteroatoms. The van der Waals surface area contributed by atoms with E-state index in [4.69, 9.17) is 0 Å². The molecule has 2 aromatic rings. The van der Waals surface area contributed by atoms with Gasteiger partial charge in [0.15, 0.2) is 0 Å².